The maximum atomic E-state index is 4.97. The number of nitrogens with zero attached hydrogens (tertiary/aromatic N) is 6. The topological polar surface area (TPSA) is 61.4 Å². The van der Waals surface area contributed by atoms with Crippen LogP contribution in [-0.4, -0.2) is 29.1 Å². The molecule has 0 bridgehead atoms. The summed E-state index contributed by atoms with van der Waals surface area (Å²) in [4.78, 5) is 19.0. The van der Waals surface area contributed by atoms with Crippen LogP contribution in [0.1, 0.15) is 0 Å². The second-order valence-electron chi connectivity index (χ2n) is 13.9. The highest BCUT2D eigenvalue weighted by Crippen LogP contribution is 2.41. The van der Waals surface area contributed by atoms with E-state index in [4.69, 9.17) is 9.97 Å². The maximum Gasteiger partial charge on any atom is 0.0963 e. The van der Waals surface area contributed by atoms with Crippen molar-refractivity contribution in [3.8, 4) is 56.4 Å². The largest absolute Gasteiger partial charge is 0.309 e. The van der Waals surface area contributed by atoms with E-state index in [0.29, 0.717) is 0 Å². The van der Waals surface area contributed by atoms with Crippen LogP contribution in [0.15, 0.2) is 195 Å². The van der Waals surface area contributed by atoms with E-state index in [2.05, 4.69) is 153 Å². The Hall–Kier alpha value is -7.70. The average molecular weight is 717 g/mol. The van der Waals surface area contributed by atoms with Gasteiger partial charge in [-0.15, -0.1) is 0 Å². The van der Waals surface area contributed by atoms with Gasteiger partial charge in [-0.2, -0.15) is 0 Å². The standard InChI is InChI=1S/C50H32N6/c1-2-12-36(13-3-1)56-47-20-11-29-53-50(47)40-26-23-34(32-48(40)56)38-15-10-19-46-49(38)39-14-4-5-18-45(39)55(46)37-24-21-33(22-25-37)35-30-43(41-16-6-8-27-51-41)54-44(31-35)42-17-7-9-28-52-42/h1-32H. The highest BCUT2D eigenvalue weighted by atomic mass is 15.0. The molecule has 0 aliphatic heterocycles. The van der Waals surface area contributed by atoms with Crippen molar-refractivity contribution in [1.82, 2.24) is 29.1 Å². The zero-order valence-corrected chi connectivity index (χ0v) is 30.2. The molecule has 6 aromatic heterocycles. The second kappa shape index (κ2) is 13.0. The van der Waals surface area contributed by atoms with E-state index < -0.39 is 0 Å². The van der Waals surface area contributed by atoms with E-state index in [1.165, 1.54) is 16.3 Å². The van der Waals surface area contributed by atoms with Crippen LogP contribution < -0.4 is 0 Å². The Kier molecular flexibility index (Phi) is 7.38. The minimum Gasteiger partial charge on any atom is -0.309 e. The van der Waals surface area contributed by atoms with Crippen LogP contribution in [0, 0.1) is 0 Å². The Morgan fingerprint density at radius 1 is 0.339 bits per heavy atom. The Balaban J connectivity index is 1.06. The average Bonchev–Trinajstić information content (AvgIpc) is 3.80. The van der Waals surface area contributed by atoms with Crippen LogP contribution in [-0.2, 0) is 0 Å². The van der Waals surface area contributed by atoms with Gasteiger partial charge in [0.1, 0.15) is 0 Å². The number of hydrogen-bond donors (Lipinski definition) is 0. The summed E-state index contributed by atoms with van der Waals surface area (Å²) in [5, 5.41) is 3.57. The third-order valence-corrected chi connectivity index (χ3v) is 10.7. The molecule has 6 heterocycles. The molecular weight excluding hydrogens is 685 g/mol. The molecule has 6 nitrogen and oxygen atoms in total. The minimum absolute atomic E-state index is 0.807. The van der Waals surface area contributed by atoms with Crippen molar-refractivity contribution in [2.45, 2.75) is 0 Å². The van der Waals surface area contributed by atoms with Gasteiger partial charge >= 0.3 is 0 Å². The van der Waals surface area contributed by atoms with E-state index in [1.807, 2.05) is 48.7 Å². The number of benzene rings is 5. The SMILES string of the molecule is c1ccc(-n2c3cc(-c4cccc5c4c4ccccc4n5-c4ccc(-c5cc(-c6ccccn6)nc(-c6ccccn6)c5)cc4)ccc3c3ncccc32)cc1. The van der Waals surface area contributed by atoms with Crippen molar-refractivity contribution in [3.63, 3.8) is 0 Å². The minimum atomic E-state index is 0.807. The van der Waals surface area contributed by atoms with Crippen LogP contribution >= 0.6 is 0 Å². The van der Waals surface area contributed by atoms with Crippen molar-refractivity contribution in [3.05, 3.63) is 195 Å². The predicted octanol–water partition coefficient (Wildman–Crippen LogP) is 12.1. The molecule has 0 aliphatic rings. The summed E-state index contributed by atoms with van der Waals surface area (Å²) in [5.74, 6) is 0. The van der Waals surface area contributed by atoms with Gasteiger partial charge in [0.2, 0.25) is 0 Å². The number of pyridine rings is 4. The van der Waals surface area contributed by atoms with Gasteiger partial charge in [0.05, 0.1) is 50.4 Å². The molecule has 0 saturated heterocycles. The lowest BCUT2D eigenvalue weighted by atomic mass is 9.98. The molecule has 5 aromatic carbocycles. The van der Waals surface area contributed by atoms with Crippen LogP contribution in [0.3, 0.4) is 0 Å². The number of aromatic nitrogens is 6. The summed E-state index contributed by atoms with van der Waals surface area (Å²) in [6.45, 7) is 0. The third-order valence-electron chi connectivity index (χ3n) is 10.7. The first-order valence-corrected chi connectivity index (χ1v) is 18.7. The number of fused-ring (bicyclic) bond motifs is 6. The van der Waals surface area contributed by atoms with Gasteiger partial charge in [0, 0.05) is 46.1 Å². The van der Waals surface area contributed by atoms with Crippen LogP contribution in [0.25, 0.3) is 100 Å². The first kappa shape index (κ1) is 31.8. The van der Waals surface area contributed by atoms with Gasteiger partial charge in [-0.3, -0.25) is 15.0 Å². The first-order chi connectivity index (χ1) is 27.8. The van der Waals surface area contributed by atoms with Gasteiger partial charge in [0.15, 0.2) is 0 Å². The van der Waals surface area contributed by atoms with E-state index in [9.17, 15) is 0 Å². The Morgan fingerprint density at radius 3 is 1.71 bits per heavy atom. The molecule has 0 radical (unpaired) electrons. The van der Waals surface area contributed by atoms with Crippen molar-refractivity contribution < 1.29 is 0 Å². The smallest absolute Gasteiger partial charge is 0.0963 e. The molecule has 0 atom stereocenters. The normalized spacial score (nSPS) is 11.6. The molecule has 6 heteroatoms. The summed E-state index contributed by atoms with van der Waals surface area (Å²) in [5.41, 5.74) is 15.5. The van der Waals surface area contributed by atoms with Gasteiger partial charge in [-0.1, -0.05) is 78.9 Å². The summed E-state index contributed by atoms with van der Waals surface area (Å²) in [6.07, 6.45) is 5.48. The van der Waals surface area contributed by atoms with Crippen molar-refractivity contribution in [1.29, 1.82) is 0 Å². The molecule has 0 unspecified atom stereocenters. The lowest BCUT2D eigenvalue weighted by molar-refractivity contribution is 1.17. The quantitative estimate of drug-likeness (QED) is 0.172. The van der Waals surface area contributed by atoms with Gasteiger partial charge in [-0.05, 0) is 119 Å². The van der Waals surface area contributed by atoms with E-state index in [1.54, 1.807) is 12.4 Å². The highest BCUT2D eigenvalue weighted by molar-refractivity contribution is 6.17. The first-order valence-electron chi connectivity index (χ1n) is 18.7. The lowest BCUT2D eigenvalue weighted by Crippen LogP contribution is -1.95. The Morgan fingerprint density at radius 2 is 0.964 bits per heavy atom. The molecule has 0 saturated carbocycles. The molecule has 262 valence electrons. The summed E-state index contributed by atoms with van der Waals surface area (Å²) >= 11 is 0. The van der Waals surface area contributed by atoms with Gasteiger partial charge in [0.25, 0.3) is 0 Å². The zero-order valence-electron chi connectivity index (χ0n) is 30.2. The van der Waals surface area contributed by atoms with Crippen molar-refractivity contribution in [2.75, 3.05) is 0 Å². The molecule has 0 N–H and O–H groups in total. The fourth-order valence-corrected chi connectivity index (χ4v) is 8.18. The van der Waals surface area contributed by atoms with Gasteiger partial charge in [-0.25, -0.2) is 4.98 Å². The van der Waals surface area contributed by atoms with E-state index in [-0.39, 0.29) is 0 Å². The Labute approximate surface area is 322 Å². The highest BCUT2D eigenvalue weighted by Gasteiger charge is 2.19. The monoisotopic (exact) mass is 716 g/mol. The molecule has 0 aliphatic carbocycles. The maximum absolute atomic E-state index is 4.97. The van der Waals surface area contributed by atoms with E-state index >= 15 is 0 Å². The summed E-state index contributed by atoms with van der Waals surface area (Å²) in [7, 11) is 0. The summed E-state index contributed by atoms with van der Waals surface area (Å²) in [6, 6.07) is 61.8. The molecule has 0 fully saturated rings. The molecule has 11 aromatic rings. The number of para-hydroxylation sites is 2. The van der Waals surface area contributed by atoms with Crippen LogP contribution in [0.2, 0.25) is 0 Å². The Bertz CT molecular complexity index is 3160. The molecular formula is C50H32N6. The van der Waals surface area contributed by atoms with Crippen LogP contribution in [0.4, 0.5) is 0 Å². The molecule has 11 rings (SSSR count). The number of rotatable bonds is 6. The fourth-order valence-electron chi connectivity index (χ4n) is 8.18. The molecule has 0 amide bonds. The second-order valence-corrected chi connectivity index (χ2v) is 13.9. The predicted molar refractivity (Wildman–Crippen MR) is 228 cm³/mol. The summed E-state index contributed by atoms with van der Waals surface area (Å²) < 4.78 is 4.71. The lowest BCUT2D eigenvalue weighted by Gasteiger charge is -2.12. The molecule has 0 spiro atoms. The van der Waals surface area contributed by atoms with Crippen molar-refractivity contribution in [2.24, 2.45) is 0 Å². The fraction of sp³-hybridized carbons (Fsp3) is 0. The molecule has 56 heavy (non-hydrogen) atoms. The van der Waals surface area contributed by atoms with Crippen LogP contribution in [0.5, 0.6) is 0 Å². The number of hydrogen-bond acceptors (Lipinski definition) is 4. The zero-order chi connectivity index (χ0) is 37.0. The third kappa shape index (κ3) is 5.19. The van der Waals surface area contributed by atoms with Gasteiger partial charge < -0.3 is 9.13 Å². The van der Waals surface area contributed by atoms with E-state index in [0.717, 1.165) is 83.8 Å². The van der Waals surface area contributed by atoms with Crippen molar-refractivity contribution >= 4 is 43.7 Å².